The number of amides is 10. The Kier molecular flexibility index (Phi) is 61.1. The van der Waals surface area contributed by atoms with Gasteiger partial charge in [-0.15, -0.1) is 0 Å². The van der Waals surface area contributed by atoms with Gasteiger partial charge in [0.05, 0.1) is 58.7 Å². The van der Waals surface area contributed by atoms with Gasteiger partial charge in [-0.2, -0.15) is 5.26 Å². The molecule has 3 aliphatic heterocycles. The zero-order valence-corrected chi connectivity index (χ0v) is 87.5. The first kappa shape index (κ1) is 128. The Morgan fingerprint density at radius 1 is 0.361 bits per heavy atom. The SMILES string of the molecule is CC(=O)NC1C(OCCCCC(=O)NCCCNC(=O)CCOCC(COCCC(=O)NCCCNC(=O)CCCCOC2OC(COC(C)=O)C(OC(C)=O)C(OC(C)=O)C2NC(C)=O)(COCCC(=O)NCCCNC(=O)CCCCOC2OC(COC(C)=O)C(OC(C)=O)C(OC(C)=O)C2NC(C)=O)NC(=O)c2ccc(OP(OCCC#N)N(C(C)C)C(C)C)cc2)OC(COC(C)=O)C(OC(C)=O)C1OC(C)=O. The first-order valence-electron chi connectivity index (χ1n) is 48.9. The highest BCUT2D eigenvalue weighted by atomic mass is 31.2. The maximum absolute atomic E-state index is 14.7. The Balaban J connectivity index is 1.45. The normalized spacial score (nSPS) is 21.0. The average Bonchev–Trinajstić information content (AvgIpc) is 0.790. The van der Waals surface area contributed by atoms with Crippen LogP contribution in [0.25, 0.3) is 0 Å². The maximum Gasteiger partial charge on any atom is 0.321 e. The van der Waals surface area contributed by atoms with Gasteiger partial charge in [0, 0.05) is 198 Å². The van der Waals surface area contributed by atoms with Crippen LogP contribution in [-0.2, 0) is 176 Å². The van der Waals surface area contributed by atoms with E-state index in [2.05, 4.69) is 59.2 Å². The number of hydrogen-bond donors (Lipinski definition) is 10. The van der Waals surface area contributed by atoms with Crippen molar-refractivity contribution in [1.29, 1.82) is 5.26 Å². The molecule has 828 valence electrons. The molecule has 3 heterocycles. The molecular formula is C95H149N12O39P. The van der Waals surface area contributed by atoms with Crippen molar-refractivity contribution in [2.75, 3.05) is 125 Å². The highest BCUT2D eigenvalue weighted by molar-refractivity contribution is 7.45. The lowest BCUT2D eigenvalue weighted by Crippen LogP contribution is -2.66. The fourth-order valence-corrected chi connectivity index (χ4v) is 16.7. The summed E-state index contributed by atoms with van der Waals surface area (Å²) in [4.78, 5) is 240. The maximum atomic E-state index is 14.7. The van der Waals surface area contributed by atoms with Crippen LogP contribution in [0.1, 0.15) is 224 Å². The molecular weight excluding hydrogens is 1960 g/mol. The van der Waals surface area contributed by atoms with Crippen molar-refractivity contribution in [2.24, 2.45) is 0 Å². The third-order valence-corrected chi connectivity index (χ3v) is 23.4. The average molecular weight is 2110 g/mol. The minimum absolute atomic E-state index is 0.0274. The molecule has 3 fully saturated rings. The van der Waals surface area contributed by atoms with E-state index in [4.69, 9.17) is 94.3 Å². The summed E-state index contributed by atoms with van der Waals surface area (Å²) in [6.45, 7) is 19.4. The van der Waals surface area contributed by atoms with Gasteiger partial charge < -0.3 is 147 Å². The van der Waals surface area contributed by atoms with Gasteiger partial charge in [-0.1, -0.05) is 0 Å². The van der Waals surface area contributed by atoms with Gasteiger partial charge in [0.15, 0.2) is 55.5 Å². The van der Waals surface area contributed by atoms with Crippen LogP contribution in [-0.4, -0.2) is 352 Å². The Bertz CT molecular complexity index is 4060. The number of unbranched alkanes of at least 4 members (excludes halogenated alkanes) is 3. The topological polar surface area (TPSA) is 656 Å². The van der Waals surface area contributed by atoms with E-state index >= 15 is 0 Å². The fraction of sp³-hybridized carbons (Fsp3) is 0.726. The minimum Gasteiger partial charge on any atom is -0.463 e. The first-order chi connectivity index (χ1) is 69.8. The largest absolute Gasteiger partial charge is 0.463 e. The molecule has 3 saturated heterocycles. The van der Waals surface area contributed by atoms with Gasteiger partial charge >= 0.3 is 62.2 Å². The highest BCUT2D eigenvalue weighted by Gasteiger charge is 2.55. The van der Waals surface area contributed by atoms with Crippen molar-refractivity contribution < 1.29 is 185 Å². The molecule has 4 rings (SSSR count). The van der Waals surface area contributed by atoms with Gasteiger partial charge in [0.25, 0.3) is 5.91 Å². The van der Waals surface area contributed by atoms with E-state index in [1.165, 1.54) is 32.9 Å². The van der Waals surface area contributed by atoms with Gasteiger partial charge in [-0.05, 0) is 110 Å². The monoisotopic (exact) mass is 2110 g/mol. The second kappa shape index (κ2) is 70.4. The molecule has 1 aromatic carbocycles. The molecule has 0 aromatic heterocycles. The van der Waals surface area contributed by atoms with Crippen LogP contribution in [0, 0.1) is 11.3 Å². The van der Waals surface area contributed by atoms with Crippen molar-refractivity contribution in [3.05, 3.63) is 29.8 Å². The molecule has 16 unspecified atom stereocenters. The van der Waals surface area contributed by atoms with Crippen LogP contribution in [0.5, 0.6) is 5.75 Å². The van der Waals surface area contributed by atoms with Crippen LogP contribution in [0.3, 0.4) is 0 Å². The number of ether oxygens (including phenoxy) is 18. The summed E-state index contributed by atoms with van der Waals surface area (Å²) in [6, 6.07) is 4.58. The molecule has 0 radical (unpaired) electrons. The summed E-state index contributed by atoms with van der Waals surface area (Å²) >= 11 is 0. The van der Waals surface area contributed by atoms with Gasteiger partial charge in [0.1, 0.15) is 67.5 Å². The van der Waals surface area contributed by atoms with Crippen LogP contribution in [0.15, 0.2) is 24.3 Å². The number of hydrogen-bond acceptors (Lipinski definition) is 41. The van der Waals surface area contributed by atoms with Crippen molar-refractivity contribution >= 4 is 121 Å². The molecule has 0 saturated carbocycles. The Morgan fingerprint density at radius 2 is 0.639 bits per heavy atom. The van der Waals surface area contributed by atoms with Gasteiger partial charge in [-0.3, -0.25) is 91.1 Å². The molecule has 0 bridgehead atoms. The van der Waals surface area contributed by atoms with Crippen molar-refractivity contribution in [3.63, 3.8) is 0 Å². The molecule has 147 heavy (non-hydrogen) atoms. The van der Waals surface area contributed by atoms with Crippen molar-refractivity contribution in [3.8, 4) is 11.8 Å². The van der Waals surface area contributed by atoms with Crippen LogP contribution < -0.4 is 57.7 Å². The number of nitriles is 1. The summed E-state index contributed by atoms with van der Waals surface area (Å²) < 4.78 is 117. The van der Waals surface area contributed by atoms with E-state index in [1.54, 1.807) is 12.1 Å². The quantitative estimate of drug-likeness (QED) is 0.0191. The summed E-state index contributed by atoms with van der Waals surface area (Å²) in [7, 11) is -1.76. The molecule has 0 spiro atoms. The zero-order chi connectivity index (χ0) is 109. The fourth-order valence-electron chi connectivity index (χ4n) is 15.1. The lowest BCUT2D eigenvalue weighted by atomic mass is 9.96. The number of nitrogens with one attached hydrogen (secondary N) is 10. The third-order valence-electron chi connectivity index (χ3n) is 21.3. The van der Waals surface area contributed by atoms with E-state index < -0.39 is 241 Å². The molecule has 0 aliphatic carbocycles. The standard InChI is InChI=1S/C95H149N12O39P/c1-57(2)107(58(3)4)147(136-47-23-37-96)146-72-32-30-71(31-33-72)91(126)106-95(54-127-48-34-79(123)100-41-24-38-97-76(120)27-17-20-44-130-92-82(103-59(5)108)88(140-68(14)117)85(137-65(11)114)73(143-92)51-133-62(8)111,55-128-49-35-80(124)101-42-25-39-98-77(121)28-18-21-45-131-93-83(104-60(6)109)89(141-69(15)118)86(138-66(12)115)74(144-93)52-134-63(9)112)56-129-50-36-81(125)102-43-26-40-99-78(122)29-19-22-46-132-94-84(105-61(7)110)90(142-70(16)119)87(139-67(13)116)75(145-94)53-135-64(10)113/h30-33,57-58,73-75,82-90,92-94H,17-29,34-36,38-56H2,1-16H3,(H,97,120)(H,98,121)(H,99,122)(H,100,123)(H,101,124)(H,102,125)(H,103,108)(H,104,109)(H,105,110)(H,106,126). The summed E-state index contributed by atoms with van der Waals surface area (Å²) in [5.74, 6) is -11.0. The molecule has 10 amide bonds. The molecule has 3 aliphatic rings. The minimum atomic E-state index is -1.76. The molecule has 52 heteroatoms. The van der Waals surface area contributed by atoms with Gasteiger partial charge in [0.2, 0.25) is 53.2 Å². The second-order valence-corrected chi connectivity index (χ2v) is 36.5. The van der Waals surface area contributed by atoms with Crippen molar-refractivity contribution in [1.82, 2.24) is 57.8 Å². The van der Waals surface area contributed by atoms with E-state index in [-0.39, 0.29) is 166 Å². The Hall–Kier alpha value is -11.6. The number of esters is 9. The molecule has 1 aromatic rings. The number of nitrogens with zero attached hydrogens (tertiary/aromatic N) is 2. The first-order valence-corrected chi connectivity index (χ1v) is 50.0. The van der Waals surface area contributed by atoms with Crippen LogP contribution >= 0.6 is 8.53 Å². The van der Waals surface area contributed by atoms with Gasteiger partial charge in [-0.25, -0.2) is 4.67 Å². The molecule has 16 atom stereocenters. The van der Waals surface area contributed by atoms with Crippen LogP contribution in [0.4, 0.5) is 0 Å². The lowest BCUT2D eigenvalue weighted by molar-refractivity contribution is -0.277. The summed E-state index contributed by atoms with van der Waals surface area (Å²) in [5, 5.41) is 37.0. The lowest BCUT2D eigenvalue weighted by Gasteiger charge is -2.44. The predicted molar refractivity (Wildman–Crippen MR) is 512 cm³/mol. The third kappa shape index (κ3) is 52.7. The van der Waals surface area contributed by atoms with E-state index in [0.29, 0.717) is 63.5 Å². The Labute approximate surface area is 856 Å². The number of carbonyl (C=O) groups excluding carboxylic acids is 19. The Morgan fingerprint density at radius 3 is 0.898 bits per heavy atom. The van der Waals surface area contributed by atoms with Crippen molar-refractivity contribution in [2.45, 2.75) is 323 Å². The molecule has 10 N–H and O–H groups in total. The number of rotatable bonds is 70. The van der Waals surface area contributed by atoms with E-state index in [0.717, 1.165) is 62.3 Å². The summed E-state index contributed by atoms with van der Waals surface area (Å²) in [5.41, 5.74) is -1.52. The predicted octanol–water partition coefficient (Wildman–Crippen LogP) is 1.43. The highest BCUT2D eigenvalue weighted by Crippen LogP contribution is 2.46. The zero-order valence-electron chi connectivity index (χ0n) is 86.6. The van der Waals surface area contributed by atoms with E-state index in [9.17, 15) is 96.4 Å². The van der Waals surface area contributed by atoms with E-state index in [1.807, 2.05) is 32.4 Å². The van der Waals surface area contributed by atoms with Crippen LogP contribution in [0.2, 0.25) is 0 Å². The number of carbonyl (C=O) groups is 19. The number of benzene rings is 1. The smallest absolute Gasteiger partial charge is 0.321 e. The summed E-state index contributed by atoms with van der Waals surface area (Å²) in [6.07, 6.45) is -13.0. The second-order valence-electron chi connectivity index (χ2n) is 35.1. The molecule has 51 nitrogen and oxygen atoms in total.